The van der Waals surface area contributed by atoms with Crippen LogP contribution < -0.4 is 4.72 Å². The van der Waals surface area contributed by atoms with E-state index in [9.17, 15) is 8.42 Å². The number of aryl methyl sites for hydroxylation is 1. The first-order valence-corrected chi connectivity index (χ1v) is 7.79. The number of hydrogen-bond acceptors (Lipinski definition) is 4. The molecule has 0 fully saturated rings. The number of rotatable bonds is 4. The lowest BCUT2D eigenvalue weighted by atomic mass is 10.1. The monoisotopic (exact) mass is 305 g/mol. The van der Waals surface area contributed by atoms with E-state index in [1.165, 1.54) is 12.4 Å². The Labute approximate surface area is 123 Å². The van der Waals surface area contributed by atoms with Gasteiger partial charge in [-0.2, -0.15) is 5.10 Å². The normalized spacial score (nSPS) is 10.8. The van der Waals surface area contributed by atoms with Crippen LogP contribution in [0.15, 0.2) is 35.5 Å². The number of aromatic amines is 1. The molecule has 0 saturated carbocycles. The zero-order valence-electron chi connectivity index (χ0n) is 11.4. The van der Waals surface area contributed by atoms with Crippen molar-refractivity contribution in [3.8, 4) is 11.8 Å². The van der Waals surface area contributed by atoms with Crippen molar-refractivity contribution in [2.24, 2.45) is 0 Å². The molecule has 0 atom stereocenters. The fourth-order valence-electron chi connectivity index (χ4n) is 1.79. The molecule has 7 heteroatoms. The van der Waals surface area contributed by atoms with Gasteiger partial charge in [0.2, 0.25) is 0 Å². The second-order valence-electron chi connectivity index (χ2n) is 4.22. The lowest BCUT2D eigenvalue weighted by molar-refractivity contribution is 0.350. The highest BCUT2D eigenvalue weighted by molar-refractivity contribution is 7.92. The predicted octanol–water partition coefficient (Wildman–Crippen LogP) is 1.12. The van der Waals surface area contributed by atoms with Crippen molar-refractivity contribution in [3.63, 3.8) is 0 Å². The molecule has 0 radical (unpaired) electrons. The van der Waals surface area contributed by atoms with Crippen molar-refractivity contribution >= 4 is 15.7 Å². The molecule has 2 rings (SSSR count). The molecule has 0 saturated heterocycles. The fraction of sp³-hybridized carbons (Fsp3) is 0.214. The predicted molar refractivity (Wildman–Crippen MR) is 79.2 cm³/mol. The number of H-pyrrole nitrogens is 1. The minimum Gasteiger partial charge on any atom is -0.384 e. The number of aliphatic hydroxyl groups is 1. The lowest BCUT2D eigenvalue weighted by Gasteiger charge is -2.11. The number of aromatic nitrogens is 2. The molecule has 0 aliphatic heterocycles. The van der Waals surface area contributed by atoms with Crippen molar-refractivity contribution in [2.45, 2.75) is 18.2 Å². The molecule has 0 aliphatic rings. The zero-order valence-corrected chi connectivity index (χ0v) is 12.2. The van der Waals surface area contributed by atoms with Crippen LogP contribution in [0.2, 0.25) is 0 Å². The Hall–Kier alpha value is -2.30. The van der Waals surface area contributed by atoms with Crippen LogP contribution in [0.1, 0.15) is 18.1 Å². The number of nitrogens with zero attached hydrogens (tertiary/aromatic N) is 1. The van der Waals surface area contributed by atoms with Gasteiger partial charge in [0.1, 0.15) is 11.5 Å². The van der Waals surface area contributed by atoms with Crippen LogP contribution in [0.25, 0.3) is 0 Å². The van der Waals surface area contributed by atoms with Gasteiger partial charge in [-0.3, -0.25) is 9.82 Å². The molecule has 0 amide bonds. The highest BCUT2D eigenvalue weighted by Gasteiger charge is 2.16. The van der Waals surface area contributed by atoms with Crippen molar-refractivity contribution < 1.29 is 13.5 Å². The topological polar surface area (TPSA) is 95.1 Å². The first-order chi connectivity index (χ1) is 10.1. The summed E-state index contributed by atoms with van der Waals surface area (Å²) >= 11 is 0. The molecule has 1 aromatic heterocycles. The van der Waals surface area contributed by atoms with Crippen LogP contribution in [-0.2, 0) is 16.4 Å². The quantitative estimate of drug-likeness (QED) is 0.738. The fourth-order valence-corrected chi connectivity index (χ4v) is 2.80. The zero-order chi connectivity index (χ0) is 15.3. The summed E-state index contributed by atoms with van der Waals surface area (Å²) in [5.74, 6) is 5.35. The molecule has 3 N–H and O–H groups in total. The Bertz CT molecular complexity index is 772. The molecule has 110 valence electrons. The number of nitrogens with one attached hydrogen (secondary N) is 2. The third-order valence-electron chi connectivity index (χ3n) is 2.83. The van der Waals surface area contributed by atoms with Crippen LogP contribution in [0.4, 0.5) is 5.69 Å². The summed E-state index contributed by atoms with van der Waals surface area (Å²) in [4.78, 5) is 0.0775. The Kier molecular flexibility index (Phi) is 4.62. The second-order valence-corrected chi connectivity index (χ2v) is 5.91. The van der Waals surface area contributed by atoms with Crippen molar-refractivity contribution in [1.29, 1.82) is 0 Å². The van der Waals surface area contributed by atoms with E-state index < -0.39 is 10.0 Å². The maximum absolute atomic E-state index is 12.2. The first-order valence-electron chi connectivity index (χ1n) is 6.31. The summed E-state index contributed by atoms with van der Waals surface area (Å²) < 4.78 is 26.8. The summed E-state index contributed by atoms with van der Waals surface area (Å²) in [5.41, 5.74) is 2.06. The Morgan fingerprint density at radius 2 is 2.24 bits per heavy atom. The Morgan fingerprint density at radius 1 is 1.43 bits per heavy atom. The van der Waals surface area contributed by atoms with Gasteiger partial charge < -0.3 is 5.11 Å². The third kappa shape index (κ3) is 3.62. The number of aliphatic hydroxyl groups excluding tert-OH is 1. The van der Waals surface area contributed by atoms with Gasteiger partial charge >= 0.3 is 0 Å². The number of hydrogen-bond donors (Lipinski definition) is 3. The number of sulfonamides is 1. The molecule has 0 unspecified atom stereocenters. The average Bonchev–Trinajstić information content (AvgIpc) is 3.01. The average molecular weight is 305 g/mol. The Morgan fingerprint density at radius 3 is 2.86 bits per heavy atom. The van der Waals surface area contributed by atoms with Crippen molar-refractivity contribution in [2.75, 3.05) is 11.3 Å². The van der Waals surface area contributed by atoms with Gasteiger partial charge in [-0.05, 0) is 30.2 Å². The number of benzene rings is 1. The minimum absolute atomic E-state index is 0.0775. The van der Waals surface area contributed by atoms with Gasteiger partial charge in [-0.25, -0.2) is 8.42 Å². The SMILES string of the molecule is CCc1cc(C#CCO)ccc1NS(=O)(=O)c1cn[nH]c1. The van der Waals surface area contributed by atoms with Gasteiger partial charge in [0, 0.05) is 11.8 Å². The van der Waals surface area contributed by atoms with Gasteiger partial charge in [-0.15, -0.1) is 0 Å². The molecule has 1 aromatic carbocycles. The molecule has 0 aliphatic carbocycles. The lowest BCUT2D eigenvalue weighted by Crippen LogP contribution is -2.13. The van der Waals surface area contributed by atoms with E-state index >= 15 is 0 Å². The van der Waals surface area contributed by atoms with Crippen LogP contribution in [0.5, 0.6) is 0 Å². The molecule has 21 heavy (non-hydrogen) atoms. The van der Waals surface area contributed by atoms with Crippen molar-refractivity contribution in [1.82, 2.24) is 10.2 Å². The highest BCUT2D eigenvalue weighted by atomic mass is 32.2. The minimum atomic E-state index is -3.65. The summed E-state index contributed by atoms with van der Waals surface area (Å²) in [7, 11) is -3.65. The first kappa shape index (κ1) is 15.1. The van der Waals surface area contributed by atoms with E-state index in [0.717, 1.165) is 11.1 Å². The van der Waals surface area contributed by atoms with Gasteiger partial charge in [0.25, 0.3) is 10.0 Å². The van der Waals surface area contributed by atoms with Gasteiger partial charge in [0.15, 0.2) is 0 Å². The van der Waals surface area contributed by atoms with Crippen molar-refractivity contribution in [3.05, 3.63) is 41.7 Å². The van der Waals surface area contributed by atoms with E-state index in [-0.39, 0.29) is 11.5 Å². The van der Waals surface area contributed by atoms with Crippen LogP contribution >= 0.6 is 0 Å². The van der Waals surface area contributed by atoms with Crippen LogP contribution in [0.3, 0.4) is 0 Å². The van der Waals surface area contributed by atoms with Gasteiger partial charge in [0.05, 0.1) is 11.9 Å². The van der Waals surface area contributed by atoms with E-state index in [1.54, 1.807) is 18.2 Å². The Balaban J connectivity index is 2.32. The second kappa shape index (κ2) is 6.43. The molecule has 0 bridgehead atoms. The number of anilines is 1. The maximum Gasteiger partial charge on any atom is 0.265 e. The maximum atomic E-state index is 12.2. The van der Waals surface area contributed by atoms with Gasteiger partial charge in [-0.1, -0.05) is 18.8 Å². The molecule has 0 spiro atoms. The van der Waals surface area contributed by atoms with Crippen LogP contribution in [-0.4, -0.2) is 30.3 Å². The standard InChI is InChI=1S/C14H15N3O3S/c1-2-12-8-11(4-3-7-18)5-6-14(12)17-21(19,20)13-9-15-16-10-13/h5-6,8-10,17-18H,2,7H2,1H3,(H,15,16). The van der Waals surface area contributed by atoms with E-state index in [0.29, 0.717) is 12.1 Å². The van der Waals surface area contributed by atoms with E-state index in [1.807, 2.05) is 6.92 Å². The van der Waals surface area contributed by atoms with Crippen LogP contribution in [0, 0.1) is 11.8 Å². The largest absolute Gasteiger partial charge is 0.384 e. The summed E-state index contributed by atoms with van der Waals surface area (Å²) in [5, 5.41) is 14.8. The summed E-state index contributed by atoms with van der Waals surface area (Å²) in [6, 6.07) is 5.17. The smallest absolute Gasteiger partial charge is 0.265 e. The molecule has 2 aromatic rings. The van der Waals surface area contributed by atoms with E-state index in [2.05, 4.69) is 26.8 Å². The molecular weight excluding hydrogens is 290 g/mol. The third-order valence-corrected chi connectivity index (χ3v) is 4.16. The molecule has 1 heterocycles. The van der Waals surface area contributed by atoms with E-state index in [4.69, 9.17) is 5.11 Å². The molecular formula is C14H15N3O3S. The molecule has 6 nitrogen and oxygen atoms in total. The highest BCUT2D eigenvalue weighted by Crippen LogP contribution is 2.21. The summed E-state index contributed by atoms with van der Waals surface area (Å²) in [6.07, 6.45) is 3.21. The summed E-state index contributed by atoms with van der Waals surface area (Å²) in [6.45, 7) is 1.71.